The van der Waals surface area contributed by atoms with Gasteiger partial charge in [0.1, 0.15) is 0 Å². The van der Waals surface area contributed by atoms with Crippen molar-refractivity contribution in [2.75, 3.05) is 0 Å². The lowest BCUT2D eigenvalue weighted by molar-refractivity contribution is 1.33. The third-order valence-electron chi connectivity index (χ3n) is 7.07. The monoisotopic (exact) mass is 479 g/mol. The molecule has 0 fully saturated rings. The van der Waals surface area contributed by atoms with E-state index in [0.29, 0.717) is 0 Å². The third-order valence-corrected chi connectivity index (χ3v) is 9.13. The summed E-state index contributed by atoms with van der Waals surface area (Å²) in [6.45, 7) is 7.17. The van der Waals surface area contributed by atoms with Gasteiger partial charge in [-0.15, -0.1) is 0 Å². The molecule has 6 rings (SSSR count). The second-order valence-corrected chi connectivity index (χ2v) is 15.7. The third kappa shape index (κ3) is 4.36. The Morgan fingerprint density at radius 1 is 0.444 bits per heavy atom. The van der Waals surface area contributed by atoms with E-state index in [1.165, 1.54) is 43.4 Å². The SMILES string of the molecule is C[Si](C)(C)c1ccc(-c2ccc3ccc(-c4ccc(-c5ccc6ccccc6c5)nc4)cc3c2)cc1. The maximum Gasteiger partial charge on any atom is 0.0775 e. The molecule has 0 amide bonds. The van der Waals surface area contributed by atoms with Crippen LogP contribution in [0, 0.1) is 0 Å². The van der Waals surface area contributed by atoms with Crippen LogP contribution in [0.3, 0.4) is 0 Å². The molecule has 6 aromatic rings. The van der Waals surface area contributed by atoms with Crippen LogP contribution in [0.25, 0.3) is 55.1 Å². The summed E-state index contributed by atoms with van der Waals surface area (Å²) in [7, 11) is -1.29. The zero-order valence-corrected chi connectivity index (χ0v) is 22.0. The lowest BCUT2D eigenvalue weighted by Crippen LogP contribution is -2.37. The summed E-state index contributed by atoms with van der Waals surface area (Å²) in [5, 5.41) is 6.48. The smallest absolute Gasteiger partial charge is 0.0775 e. The fraction of sp³-hybridized carbons (Fsp3) is 0.0882. The largest absolute Gasteiger partial charge is 0.256 e. The Labute approximate surface area is 214 Å². The molecule has 0 spiro atoms. The Morgan fingerprint density at radius 2 is 0.972 bits per heavy atom. The van der Waals surface area contributed by atoms with Crippen LogP contribution in [0.5, 0.6) is 0 Å². The molecule has 1 aromatic heterocycles. The number of pyridine rings is 1. The standard InChI is InChI=1S/C34H29NSi/c1-36(2,3)33-17-14-25(15-18-33)28-11-8-26-9-12-29(22-32(26)21-28)31-16-19-34(35-23-31)30-13-10-24-6-4-5-7-27(24)20-30/h4-23H,1-3H3. The quantitative estimate of drug-likeness (QED) is 0.230. The highest BCUT2D eigenvalue weighted by molar-refractivity contribution is 6.88. The number of hydrogen-bond donors (Lipinski definition) is 0. The molecule has 0 unspecified atom stereocenters. The minimum absolute atomic E-state index is 0.995. The summed E-state index contributed by atoms with van der Waals surface area (Å²) in [6, 6.07) is 41.9. The first-order valence-electron chi connectivity index (χ1n) is 12.5. The van der Waals surface area contributed by atoms with Gasteiger partial charge >= 0.3 is 0 Å². The van der Waals surface area contributed by atoms with Crippen molar-refractivity contribution in [3.63, 3.8) is 0 Å². The first-order valence-corrected chi connectivity index (χ1v) is 16.0. The van der Waals surface area contributed by atoms with Crippen molar-refractivity contribution in [1.29, 1.82) is 0 Å². The first-order chi connectivity index (χ1) is 17.4. The summed E-state index contributed by atoms with van der Waals surface area (Å²) in [4.78, 5) is 4.81. The minimum atomic E-state index is -1.29. The fourth-order valence-electron chi connectivity index (χ4n) is 4.85. The summed E-state index contributed by atoms with van der Waals surface area (Å²) >= 11 is 0. The molecule has 5 aromatic carbocycles. The fourth-order valence-corrected chi connectivity index (χ4v) is 6.02. The van der Waals surface area contributed by atoms with Crippen molar-refractivity contribution in [2.24, 2.45) is 0 Å². The lowest BCUT2D eigenvalue weighted by atomic mass is 9.98. The van der Waals surface area contributed by atoms with E-state index >= 15 is 0 Å². The molecular formula is C34H29NSi. The van der Waals surface area contributed by atoms with Gasteiger partial charge < -0.3 is 0 Å². The van der Waals surface area contributed by atoms with E-state index in [4.69, 9.17) is 4.98 Å². The molecule has 174 valence electrons. The molecule has 36 heavy (non-hydrogen) atoms. The Balaban J connectivity index is 1.31. The minimum Gasteiger partial charge on any atom is -0.256 e. The second-order valence-electron chi connectivity index (χ2n) is 10.6. The van der Waals surface area contributed by atoms with Gasteiger partial charge in [-0.1, -0.05) is 116 Å². The molecule has 0 saturated heterocycles. The summed E-state index contributed by atoms with van der Waals surface area (Å²) in [6.07, 6.45) is 1.99. The van der Waals surface area contributed by atoms with E-state index in [1.807, 2.05) is 6.20 Å². The van der Waals surface area contributed by atoms with Crippen LogP contribution in [0.1, 0.15) is 0 Å². The topological polar surface area (TPSA) is 12.9 Å². The van der Waals surface area contributed by atoms with E-state index in [-0.39, 0.29) is 0 Å². The molecule has 0 aliphatic heterocycles. The van der Waals surface area contributed by atoms with Gasteiger partial charge in [0.15, 0.2) is 0 Å². The number of aromatic nitrogens is 1. The average Bonchev–Trinajstić information content (AvgIpc) is 2.92. The molecule has 1 heterocycles. The maximum atomic E-state index is 4.81. The van der Waals surface area contributed by atoms with Gasteiger partial charge in [-0.2, -0.15) is 0 Å². The van der Waals surface area contributed by atoms with E-state index in [2.05, 4.69) is 135 Å². The molecule has 0 bridgehead atoms. The zero-order valence-electron chi connectivity index (χ0n) is 21.0. The molecule has 0 aliphatic carbocycles. The Morgan fingerprint density at radius 3 is 1.61 bits per heavy atom. The van der Waals surface area contributed by atoms with Gasteiger partial charge in [0.05, 0.1) is 13.8 Å². The molecule has 2 heteroatoms. The van der Waals surface area contributed by atoms with E-state index in [1.54, 1.807) is 0 Å². The van der Waals surface area contributed by atoms with Gasteiger partial charge in [0.25, 0.3) is 0 Å². The highest BCUT2D eigenvalue weighted by Gasteiger charge is 2.15. The van der Waals surface area contributed by atoms with Gasteiger partial charge in [-0.05, 0) is 62.5 Å². The molecule has 1 nitrogen and oxygen atoms in total. The van der Waals surface area contributed by atoms with Gasteiger partial charge in [0.2, 0.25) is 0 Å². The van der Waals surface area contributed by atoms with Crippen molar-refractivity contribution >= 4 is 34.8 Å². The molecule has 0 atom stereocenters. The summed E-state index contributed by atoms with van der Waals surface area (Å²) in [5.41, 5.74) is 6.98. The highest BCUT2D eigenvalue weighted by atomic mass is 28.3. The van der Waals surface area contributed by atoms with Crippen LogP contribution >= 0.6 is 0 Å². The molecule has 0 saturated carbocycles. The van der Waals surface area contributed by atoms with Gasteiger partial charge in [-0.3, -0.25) is 4.98 Å². The number of rotatable bonds is 4. The van der Waals surface area contributed by atoms with Crippen LogP contribution in [0.15, 0.2) is 121 Å². The van der Waals surface area contributed by atoms with Gasteiger partial charge in [0, 0.05) is 17.3 Å². The molecule has 0 radical (unpaired) electrons. The number of benzene rings is 5. The summed E-state index contributed by atoms with van der Waals surface area (Å²) < 4.78 is 0. The van der Waals surface area contributed by atoms with Crippen LogP contribution in [0.2, 0.25) is 19.6 Å². The van der Waals surface area contributed by atoms with Crippen molar-refractivity contribution in [3.8, 4) is 33.5 Å². The van der Waals surface area contributed by atoms with E-state index < -0.39 is 8.07 Å². The Kier molecular flexibility index (Phi) is 5.54. The van der Waals surface area contributed by atoms with Crippen molar-refractivity contribution in [3.05, 3.63) is 121 Å². The predicted octanol–water partition coefficient (Wildman–Crippen LogP) is 8.93. The number of fused-ring (bicyclic) bond motifs is 2. The normalized spacial score (nSPS) is 11.8. The maximum absolute atomic E-state index is 4.81. The van der Waals surface area contributed by atoms with Crippen LogP contribution in [-0.4, -0.2) is 13.1 Å². The Hall–Kier alpha value is -4.01. The van der Waals surface area contributed by atoms with Crippen molar-refractivity contribution in [1.82, 2.24) is 4.98 Å². The van der Waals surface area contributed by atoms with Crippen molar-refractivity contribution < 1.29 is 0 Å². The van der Waals surface area contributed by atoms with E-state index in [0.717, 1.165) is 16.8 Å². The highest BCUT2D eigenvalue weighted by Crippen LogP contribution is 2.30. The zero-order chi connectivity index (χ0) is 24.7. The predicted molar refractivity (Wildman–Crippen MR) is 159 cm³/mol. The van der Waals surface area contributed by atoms with Gasteiger partial charge in [-0.25, -0.2) is 0 Å². The Bertz CT molecular complexity index is 1690. The number of nitrogens with zero attached hydrogens (tertiary/aromatic N) is 1. The molecular weight excluding hydrogens is 450 g/mol. The number of hydrogen-bond acceptors (Lipinski definition) is 1. The van der Waals surface area contributed by atoms with Crippen molar-refractivity contribution in [2.45, 2.75) is 19.6 Å². The van der Waals surface area contributed by atoms with E-state index in [9.17, 15) is 0 Å². The van der Waals surface area contributed by atoms with Crippen LogP contribution in [0.4, 0.5) is 0 Å². The first kappa shape index (κ1) is 22.5. The van der Waals surface area contributed by atoms with Crippen LogP contribution < -0.4 is 5.19 Å². The molecule has 0 aliphatic rings. The summed E-state index contributed by atoms with van der Waals surface area (Å²) in [5.74, 6) is 0. The second kappa shape index (κ2) is 8.89. The average molecular weight is 480 g/mol. The lowest BCUT2D eigenvalue weighted by Gasteiger charge is -2.17. The molecule has 0 N–H and O–H groups in total. The van der Waals surface area contributed by atoms with Crippen LogP contribution in [-0.2, 0) is 0 Å².